The van der Waals surface area contributed by atoms with E-state index >= 15 is 0 Å². The lowest BCUT2D eigenvalue weighted by molar-refractivity contribution is -0.155. The van der Waals surface area contributed by atoms with Crippen LogP contribution in [0, 0.1) is 23.7 Å². The highest BCUT2D eigenvalue weighted by atomic mass is 16.3. The Labute approximate surface area is 242 Å². The fourth-order valence-corrected chi connectivity index (χ4v) is 7.05. The van der Waals surface area contributed by atoms with Crippen molar-refractivity contribution in [3.05, 3.63) is 63.7 Å². The second kappa shape index (κ2) is 9.87. The monoisotopic (exact) mass is 577 g/mol. The van der Waals surface area contributed by atoms with Gasteiger partial charge in [-0.3, -0.25) is 19.2 Å². The first-order chi connectivity index (χ1) is 19.6. The third kappa shape index (κ3) is 4.05. The maximum absolute atomic E-state index is 14.1. The van der Waals surface area contributed by atoms with Crippen LogP contribution in [-0.4, -0.2) is 67.9 Å². The minimum absolute atomic E-state index is 0.0303. The number of ketones is 3. The summed E-state index contributed by atoms with van der Waals surface area (Å²) in [5.74, 6) is -8.12. The van der Waals surface area contributed by atoms with Crippen molar-refractivity contribution in [1.82, 2.24) is 4.57 Å². The van der Waals surface area contributed by atoms with Crippen molar-refractivity contribution in [2.24, 2.45) is 29.4 Å². The van der Waals surface area contributed by atoms with E-state index < -0.39 is 63.8 Å². The molecule has 6 N–H and O–H groups in total. The summed E-state index contributed by atoms with van der Waals surface area (Å²) in [6.07, 6.45) is 3.60. The first-order valence-corrected chi connectivity index (χ1v) is 13.8. The summed E-state index contributed by atoms with van der Waals surface area (Å²) in [6.45, 7) is 5.05. The number of nitrogens with zero attached hydrogens (tertiary/aromatic N) is 2. The highest BCUT2D eigenvalue weighted by molar-refractivity contribution is 6.23. The van der Waals surface area contributed by atoms with Crippen molar-refractivity contribution in [3.63, 3.8) is 0 Å². The fourth-order valence-electron chi connectivity index (χ4n) is 7.05. The van der Waals surface area contributed by atoms with E-state index in [1.54, 1.807) is 42.9 Å². The number of benzene rings is 1. The summed E-state index contributed by atoms with van der Waals surface area (Å²) < 4.78 is 1.71. The molecule has 0 spiro atoms. The van der Waals surface area contributed by atoms with Crippen molar-refractivity contribution in [3.8, 4) is 5.75 Å². The van der Waals surface area contributed by atoms with Crippen LogP contribution in [0.25, 0.3) is 5.76 Å². The van der Waals surface area contributed by atoms with Crippen LogP contribution in [0.5, 0.6) is 5.75 Å². The van der Waals surface area contributed by atoms with Gasteiger partial charge in [-0.25, -0.2) is 0 Å². The Bertz CT molecular complexity index is 1630. The van der Waals surface area contributed by atoms with Gasteiger partial charge in [0, 0.05) is 60.7 Å². The Morgan fingerprint density at radius 3 is 2.40 bits per heavy atom. The van der Waals surface area contributed by atoms with Crippen LogP contribution in [0.3, 0.4) is 0 Å². The van der Waals surface area contributed by atoms with E-state index in [-0.39, 0.29) is 42.1 Å². The summed E-state index contributed by atoms with van der Waals surface area (Å²) in [7, 11) is 3.62. The van der Waals surface area contributed by atoms with Gasteiger partial charge in [0.15, 0.2) is 17.2 Å². The van der Waals surface area contributed by atoms with Gasteiger partial charge in [-0.15, -0.1) is 0 Å². The smallest absolute Gasteiger partial charge is 0.255 e. The van der Waals surface area contributed by atoms with E-state index in [1.807, 2.05) is 19.0 Å². The number of amides is 1. The number of carbonyl (C=O) groups is 4. The molecule has 11 heteroatoms. The number of hydrogen-bond acceptors (Lipinski definition) is 9. The molecule has 2 aromatic rings. The molecule has 1 saturated carbocycles. The number of primary amides is 1. The highest BCUT2D eigenvalue weighted by Gasteiger charge is 2.64. The molecule has 4 atom stereocenters. The van der Waals surface area contributed by atoms with Gasteiger partial charge in [-0.05, 0) is 49.3 Å². The third-order valence-electron chi connectivity index (χ3n) is 9.02. The normalized spacial score (nSPS) is 25.4. The molecule has 1 heterocycles. The average molecular weight is 578 g/mol. The first-order valence-electron chi connectivity index (χ1n) is 13.8. The largest absolute Gasteiger partial charge is 0.508 e. The molecule has 3 aliphatic carbocycles. The molecule has 1 unspecified atom stereocenters. The SMILES string of the molecule is CC(=O)c1ccn(Cc2cc(N(C)C)c3c(c2O)C(O)=C2C(=O)[C@@]4(O)C(O)=C(C(N)=O)C(=O)C(C(C)C)[C@H]4C[C@H]2C3)c1. The number of aromatic hydroxyl groups is 1. The molecule has 5 rings (SSSR count). The molecular weight excluding hydrogens is 542 g/mol. The van der Waals surface area contributed by atoms with Gasteiger partial charge in [0.25, 0.3) is 5.91 Å². The van der Waals surface area contributed by atoms with Gasteiger partial charge in [-0.2, -0.15) is 0 Å². The molecule has 0 bridgehead atoms. The molecule has 0 aliphatic heterocycles. The summed E-state index contributed by atoms with van der Waals surface area (Å²) in [5, 5.41) is 45.9. The number of Topliss-reactive ketones (excluding diaryl/α,β-unsaturated/α-hetero) is 3. The van der Waals surface area contributed by atoms with E-state index in [9.17, 15) is 39.6 Å². The summed E-state index contributed by atoms with van der Waals surface area (Å²) >= 11 is 0. The van der Waals surface area contributed by atoms with E-state index in [1.165, 1.54) is 6.92 Å². The van der Waals surface area contributed by atoms with Gasteiger partial charge < -0.3 is 35.6 Å². The zero-order valence-electron chi connectivity index (χ0n) is 24.1. The molecule has 1 aromatic heterocycles. The lowest BCUT2D eigenvalue weighted by atomic mass is 9.54. The number of phenolic OH excluding ortho intramolecular Hbond substituents is 1. The lowest BCUT2D eigenvalue weighted by Gasteiger charge is -2.50. The highest BCUT2D eigenvalue weighted by Crippen LogP contribution is 2.55. The summed E-state index contributed by atoms with van der Waals surface area (Å²) in [4.78, 5) is 53.2. The van der Waals surface area contributed by atoms with Gasteiger partial charge in [0.2, 0.25) is 5.78 Å². The van der Waals surface area contributed by atoms with Crippen LogP contribution in [-0.2, 0) is 27.3 Å². The predicted molar refractivity (Wildman–Crippen MR) is 153 cm³/mol. The fraction of sp³-hybridized carbons (Fsp3) is 0.419. The Morgan fingerprint density at radius 1 is 1.19 bits per heavy atom. The minimum atomic E-state index is -2.66. The minimum Gasteiger partial charge on any atom is -0.508 e. The molecule has 222 valence electrons. The molecule has 1 aromatic carbocycles. The summed E-state index contributed by atoms with van der Waals surface area (Å²) in [6, 6.07) is 3.45. The van der Waals surface area contributed by atoms with Crippen LogP contribution >= 0.6 is 0 Å². The first kappa shape index (κ1) is 29.1. The molecule has 1 amide bonds. The topological polar surface area (TPSA) is 183 Å². The van der Waals surface area contributed by atoms with Crippen LogP contribution < -0.4 is 10.6 Å². The predicted octanol–water partition coefficient (Wildman–Crippen LogP) is 2.42. The lowest BCUT2D eigenvalue weighted by Crippen LogP contribution is -2.62. The van der Waals surface area contributed by atoms with Gasteiger partial charge in [0.05, 0.1) is 12.1 Å². The molecule has 11 nitrogen and oxygen atoms in total. The van der Waals surface area contributed by atoms with Crippen molar-refractivity contribution < 1.29 is 39.6 Å². The molecule has 0 radical (unpaired) electrons. The quantitative estimate of drug-likeness (QED) is 0.254. The van der Waals surface area contributed by atoms with Crippen LogP contribution in [0.2, 0.25) is 0 Å². The second-order valence-corrected chi connectivity index (χ2v) is 12.1. The van der Waals surface area contributed by atoms with E-state index in [4.69, 9.17) is 5.73 Å². The van der Waals surface area contributed by atoms with E-state index in [0.29, 0.717) is 22.4 Å². The Balaban J connectivity index is 1.70. The number of anilines is 1. The zero-order valence-corrected chi connectivity index (χ0v) is 24.1. The van der Waals surface area contributed by atoms with Crippen LogP contribution in [0.4, 0.5) is 5.69 Å². The second-order valence-electron chi connectivity index (χ2n) is 12.1. The number of aliphatic hydroxyl groups excluding tert-OH is 2. The Morgan fingerprint density at radius 2 is 1.86 bits per heavy atom. The van der Waals surface area contributed by atoms with Crippen molar-refractivity contribution in [2.75, 3.05) is 19.0 Å². The number of nitrogens with two attached hydrogens (primary N) is 1. The Hall–Kier alpha value is -4.38. The molecular formula is C31H35N3O8. The molecule has 1 fully saturated rings. The number of fused-ring (bicyclic) bond motifs is 3. The molecule has 42 heavy (non-hydrogen) atoms. The van der Waals surface area contributed by atoms with Gasteiger partial charge in [0.1, 0.15) is 22.8 Å². The van der Waals surface area contributed by atoms with Crippen molar-refractivity contribution in [2.45, 2.75) is 45.8 Å². The van der Waals surface area contributed by atoms with Crippen molar-refractivity contribution >= 4 is 34.7 Å². The van der Waals surface area contributed by atoms with E-state index in [2.05, 4.69) is 0 Å². The number of phenols is 1. The standard InChI is InChI=1S/C31H35N3O8/c1-13(2)21-19-9-16-8-18-20(33(4)5)10-17(12-34-7-6-15(11-34)14(3)35)25(36)23(18)27(38)22(16)28(39)31(19,42)29(40)24(26(21)37)30(32)41/h6-7,10-11,13,16,19,21,36,38,40,42H,8-9,12H2,1-5H3,(H2,32,41)/t16-,19-,21?,31-/m1/s1. The maximum atomic E-state index is 14.1. The number of carbonyl (C=O) groups excluding carboxylic acids is 4. The molecule has 0 saturated heterocycles. The average Bonchev–Trinajstić information content (AvgIpc) is 3.36. The number of rotatable bonds is 6. The third-order valence-corrected chi connectivity index (χ3v) is 9.02. The van der Waals surface area contributed by atoms with Crippen LogP contribution in [0.15, 0.2) is 41.4 Å². The number of aliphatic hydroxyl groups is 3. The van der Waals surface area contributed by atoms with E-state index in [0.717, 1.165) is 0 Å². The molecule has 3 aliphatic rings. The summed E-state index contributed by atoms with van der Waals surface area (Å²) in [5.41, 5.74) is 3.96. The Kier molecular flexibility index (Phi) is 6.84. The van der Waals surface area contributed by atoms with Crippen LogP contribution in [0.1, 0.15) is 54.2 Å². The number of hydrogen-bond donors (Lipinski definition) is 5. The maximum Gasteiger partial charge on any atom is 0.255 e. The van der Waals surface area contributed by atoms with Gasteiger partial charge in [-0.1, -0.05) is 13.8 Å². The number of aromatic nitrogens is 1. The van der Waals surface area contributed by atoms with Gasteiger partial charge >= 0.3 is 0 Å². The zero-order chi connectivity index (χ0) is 31.0. The van der Waals surface area contributed by atoms with Crippen molar-refractivity contribution in [1.29, 1.82) is 0 Å².